The lowest BCUT2D eigenvalue weighted by Crippen LogP contribution is -2.27. The zero-order valence-corrected chi connectivity index (χ0v) is 15.1. The first-order valence-electron chi connectivity index (χ1n) is 8.22. The average molecular weight is 371 g/mol. The van der Waals surface area contributed by atoms with Crippen LogP contribution in [-0.2, 0) is 11.3 Å². The lowest BCUT2D eigenvalue weighted by atomic mass is 10.2. The summed E-state index contributed by atoms with van der Waals surface area (Å²) in [5, 5.41) is 3.70. The number of halogens is 1. The number of fused-ring (bicyclic) bond motifs is 1. The first-order chi connectivity index (χ1) is 12.6. The predicted octanol–water partition coefficient (Wildman–Crippen LogP) is 2.81. The van der Waals surface area contributed by atoms with Crippen molar-refractivity contribution >= 4 is 28.6 Å². The van der Waals surface area contributed by atoms with Gasteiger partial charge >= 0.3 is 0 Å². The van der Waals surface area contributed by atoms with Gasteiger partial charge in [-0.25, -0.2) is 9.37 Å². The van der Waals surface area contributed by atoms with E-state index in [9.17, 15) is 14.0 Å². The van der Waals surface area contributed by atoms with Gasteiger partial charge in [-0.15, -0.1) is 0 Å². The third-order valence-electron chi connectivity index (χ3n) is 3.79. The van der Waals surface area contributed by atoms with Gasteiger partial charge in [-0.1, -0.05) is 36.0 Å². The number of nitrogens with one attached hydrogen (secondary N) is 1. The molecule has 0 aliphatic carbocycles. The molecule has 7 heteroatoms. The van der Waals surface area contributed by atoms with E-state index in [1.54, 1.807) is 30.3 Å². The lowest BCUT2D eigenvalue weighted by molar-refractivity contribution is -0.118. The number of hydrogen-bond acceptors (Lipinski definition) is 4. The molecule has 0 aliphatic heterocycles. The van der Waals surface area contributed by atoms with Crippen LogP contribution in [-0.4, -0.2) is 27.8 Å². The molecule has 3 aromatic rings. The average Bonchev–Trinajstić information content (AvgIpc) is 2.64. The number of carbonyl (C=O) groups is 1. The van der Waals surface area contributed by atoms with Gasteiger partial charge in [-0.2, -0.15) is 0 Å². The number of thioether (sulfide) groups is 1. The molecule has 2 aromatic carbocycles. The molecule has 0 fully saturated rings. The molecular formula is C19H18FN3O2S. The monoisotopic (exact) mass is 371 g/mol. The minimum absolute atomic E-state index is 0.117. The van der Waals surface area contributed by atoms with Crippen LogP contribution in [0.1, 0.15) is 12.5 Å². The van der Waals surface area contributed by atoms with Crippen LogP contribution in [0.2, 0.25) is 0 Å². The van der Waals surface area contributed by atoms with Gasteiger partial charge in [-0.3, -0.25) is 14.2 Å². The van der Waals surface area contributed by atoms with Crippen molar-refractivity contribution in [3.8, 4) is 0 Å². The SMILES string of the molecule is CCNC(=O)CSc1nc2ccccc2c(=O)n1Cc1ccc(F)cc1. The fourth-order valence-corrected chi connectivity index (χ4v) is 3.38. The van der Waals surface area contributed by atoms with Gasteiger partial charge in [0.15, 0.2) is 5.16 Å². The number of nitrogens with zero attached hydrogens (tertiary/aromatic N) is 2. The van der Waals surface area contributed by atoms with E-state index in [-0.39, 0.29) is 29.6 Å². The molecule has 0 atom stereocenters. The van der Waals surface area contributed by atoms with Crippen LogP contribution in [0.15, 0.2) is 58.5 Å². The fraction of sp³-hybridized carbons (Fsp3) is 0.211. The molecule has 134 valence electrons. The summed E-state index contributed by atoms with van der Waals surface area (Å²) >= 11 is 1.21. The summed E-state index contributed by atoms with van der Waals surface area (Å²) in [5.41, 5.74) is 1.19. The van der Waals surface area contributed by atoms with Gasteiger partial charge < -0.3 is 5.32 Å². The van der Waals surface area contributed by atoms with Crippen molar-refractivity contribution in [2.45, 2.75) is 18.6 Å². The Kier molecular flexibility index (Phi) is 5.68. The smallest absolute Gasteiger partial charge is 0.262 e. The van der Waals surface area contributed by atoms with E-state index in [1.807, 2.05) is 13.0 Å². The Hall–Kier alpha value is -2.67. The number of carbonyl (C=O) groups excluding carboxylic acids is 1. The minimum Gasteiger partial charge on any atom is -0.356 e. The first-order valence-corrected chi connectivity index (χ1v) is 9.20. The molecule has 0 unspecified atom stereocenters. The highest BCUT2D eigenvalue weighted by Crippen LogP contribution is 2.19. The zero-order chi connectivity index (χ0) is 18.5. The summed E-state index contributed by atoms with van der Waals surface area (Å²) in [4.78, 5) is 29.3. The van der Waals surface area contributed by atoms with Crippen molar-refractivity contribution < 1.29 is 9.18 Å². The summed E-state index contributed by atoms with van der Waals surface area (Å²) in [5.74, 6) is -0.279. The quantitative estimate of drug-likeness (QED) is 0.535. The Morgan fingerprint density at radius 1 is 1.19 bits per heavy atom. The standard InChI is InChI=1S/C19H18FN3O2S/c1-2-21-17(24)12-26-19-22-16-6-4-3-5-15(16)18(25)23(19)11-13-7-9-14(20)10-8-13/h3-10H,2,11-12H2,1H3,(H,21,24). The van der Waals surface area contributed by atoms with Gasteiger partial charge in [0.1, 0.15) is 5.82 Å². The van der Waals surface area contributed by atoms with Gasteiger partial charge in [0.05, 0.1) is 23.2 Å². The molecule has 0 saturated heterocycles. The third kappa shape index (κ3) is 4.11. The van der Waals surface area contributed by atoms with Gasteiger partial charge in [-0.05, 0) is 36.8 Å². The number of hydrogen-bond donors (Lipinski definition) is 1. The van der Waals surface area contributed by atoms with E-state index >= 15 is 0 Å². The number of rotatable bonds is 6. The zero-order valence-electron chi connectivity index (χ0n) is 14.2. The number of benzene rings is 2. The van der Waals surface area contributed by atoms with Crippen molar-refractivity contribution in [2.75, 3.05) is 12.3 Å². The van der Waals surface area contributed by atoms with Crippen molar-refractivity contribution in [2.24, 2.45) is 0 Å². The molecule has 0 saturated carbocycles. The molecule has 1 N–H and O–H groups in total. The highest BCUT2D eigenvalue weighted by atomic mass is 32.2. The van der Waals surface area contributed by atoms with Crippen molar-refractivity contribution in [1.29, 1.82) is 0 Å². The second-order valence-corrected chi connectivity index (χ2v) is 6.61. The molecule has 1 aromatic heterocycles. The highest BCUT2D eigenvalue weighted by molar-refractivity contribution is 7.99. The molecule has 3 rings (SSSR count). The van der Waals surface area contributed by atoms with Crippen molar-refractivity contribution in [3.63, 3.8) is 0 Å². The van der Waals surface area contributed by atoms with Crippen LogP contribution in [0.25, 0.3) is 10.9 Å². The van der Waals surface area contributed by atoms with E-state index in [0.29, 0.717) is 22.6 Å². The third-order valence-corrected chi connectivity index (χ3v) is 4.76. The largest absolute Gasteiger partial charge is 0.356 e. The maximum Gasteiger partial charge on any atom is 0.262 e. The Labute approximate surface area is 154 Å². The Bertz CT molecular complexity index is 986. The number of aromatic nitrogens is 2. The van der Waals surface area contributed by atoms with Gasteiger partial charge in [0.2, 0.25) is 5.91 Å². The first kappa shape index (κ1) is 18.1. The van der Waals surface area contributed by atoms with Gasteiger partial charge in [0.25, 0.3) is 5.56 Å². The summed E-state index contributed by atoms with van der Waals surface area (Å²) in [6.07, 6.45) is 0. The van der Waals surface area contributed by atoms with Crippen molar-refractivity contribution in [1.82, 2.24) is 14.9 Å². The van der Waals surface area contributed by atoms with E-state index in [1.165, 1.54) is 28.5 Å². The van der Waals surface area contributed by atoms with E-state index in [4.69, 9.17) is 0 Å². The van der Waals surface area contributed by atoms with E-state index in [0.717, 1.165) is 5.56 Å². The Morgan fingerprint density at radius 3 is 2.65 bits per heavy atom. The summed E-state index contributed by atoms with van der Waals surface area (Å²) in [7, 11) is 0. The molecule has 26 heavy (non-hydrogen) atoms. The second kappa shape index (κ2) is 8.14. The number of para-hydroxylation sites is 1. The molecule has 0 spiro atoms. The summed E-state index contributed by atoms with van der Waals surface area (Å²) in [6, 6.07) is 13.1. The maximum absolute atomic E-state index is 13.1. The Balaban J connectivity index is 2.01. The maximum atomic E-state index is 13.1. The second-order valence-electron chi connectivity index (χ2n) is 5.67. The summed E-state index contributed by atoms with van der Waals surface area (Å²) in [6.45, 7) is 2.66. The highest BCUT2D eigenvalue weighted by Gasteiger charge is 2.13. The molecule has 1 amide bonds. The molecule has 0 radical (unpaired) electrons. The molecule has 1 heterocycles. The van der Waals surface area contributed by atoms with Crippen molar-refractivity contribution in [3.05, 3.63) is 70.3 Å². The normalized spacial score (nSPS) is 10.8. The van der Waals surface area contributed by atoms with Crippen LogP contribution in [0.4, 0.5) is 4.39 Å². The Morgan fingerprint density at radius 2 is 1.92 bits per heavy atom. The minimum atomic E-state index is -0.330. The number of amides is 1. The van der Waals surface area contributed by atoms with E-state index in [2.05, 4.69) is 10.3 Å². The fourth-order valence-electron chi connectivity index (χ4n) is 2.55. The lowest BCUT2D eigenvalue weighted by Gasteiger charge is -2.13. The van der Waals surface area contributed by atoms with Crippen LogP contribution in [0.3, 0.4) is 0 Å². The van der Waals surface area contributed by atoms with E-state index < -0.39 is 0 Å². The van der Waals surface area contributed by atoms with Crippen LogP contribution < -0.4 is 10.9 Å². The van der Waals surface area contributed by atoms with Crippen LogP contribution in [0.5, 0.6) is 0 Å². The molecule has 0 aliphatic rings. The predicted molar refractivity (Wildman–Crippen MR) is 101 cm³/mol. The molecule has 5 nitrogen and oxygen atoms in total. The molecule has 0 bridgehead atoms. The topological polar surface area (TPSA) is 64.0 Å². The van der Waals surface area contributed by atoms with Crippen LogP contribution >= 0.6 is 11.8 Å². The van der Waals surface area contributed by atoms with Crippen LogP contribution in [0, 0.1) is 5.82 Å². The van der Waals surface area contributed by atoms with Gasteiger partial charge in [0, 0.05) is 6.54 Å². The molecular weight excluding hydrogens is 353 g/mol. The summed E-state index contributed by atoms with van der Waals surface area (Å²) < 4.78 is 14.7.